The Labute approximate surface area is 166 Å². The summed E-state index contributed by atoms with van der Waals surface area (Å²) in [6.45, 7) is 1.93. The molecular formula is C21H21N5O3. The average molecular weight is 391 g/mol. The Bertz CT molecular complexity index is 1140. The molecule has 1 aromatic carbocycles. The van der Waals surface area contributed by atoms with Crippen molar-refractivity contribution in [3.63, 3.8) is 0 Å². The Balaban J connectivity index is 1.46. The predicted molar refractivity (Wildman–Crippen MR) is 107 cm³/mol. The van der Waals surface area contributed by atoms with Crippen LogP contribution in [0, 0.1) is 5.92 Å². The maximum Gasteiger partial charge on any atom is 0.226 e. The number of aliphatic hydroxyl groups excluding tert-OH is 2. The summed E-state index contributed by atoms with van der Waals surface area (Å²) in [5, 5.41) is 28.2. The first-order valence-corrected chi connectivity index (χ1v) is 9.59. The van der Waals surface area contributed by atoms with Gasteiger partial charge in [-0.25, -0.2) is 9.97 Å². The summed E-state index contributed by atoms with van der Waals surface area (Å²) in [5.41, 5.74) is 2.15. The molecule has 0 amide bonds. The van der Waals surface area contributed by atoms with E-state index in [9.17, 15) is 10.2 Å². The van der Waals surface area contributed by atoms with Gasteiger partial charge < -0.3 is 19.9 Å². The van der Waals surface area contributed by atoms with Gasteiger partial charge in [0, 0.05) is 17.8 Å². The Morgan fingerprint density at radius 2 is 1.93 bits per heavy atom. The summed E-state index contributed by atoms with van der Waals surface area (Å²) in [6.07, 6.45) is 2.44. The van der Waals surface area contributed by atoms with Crippen LogP contribution in [0.4, 0.5) is 5.82 Å². The summed E-state index contributed by atoms with van der Waals surface area (Å²) < 4.78 is 7.56. The van der Waals surface area contributed by atoms with Crippen molar-refractivity contribution >= 4 is 11.5 Å². The fourth-order valence-corrected chi connectivity index (χ4v) is 3.82. The fourth-order valence-electron chi connectivity index (χ4n) is 3.82. The highest BCUT2D eigenvalue weighted by Gasteiger charge is 2.39. The molecule has 3 aromatic heterocycles. The van der Waals surface area contributed by atoms with E-state index < -0.39 is 12.2 Å². The van der Waals surface area contributed by atoms with Crippen molar-refractivity contribution in [3.8, 4) is 22.9 Å². The average Bonchev–Trinajstić information content (AvgIpc) is 3.44. The number of hydrogen-bond donors (Lipinski definition) is 3. The van der Waals surface area contributed by atoms with E-state index in [-0.39, 0.29) is 12.0 Å². The minimum atomic E-state index is -0.828. The van der Waals surface area contributed by atoms with E-state index in [4.69, 9.17) is 4.42 Å². The van der Waals surface area contributed by atoms with Gasteiger partial charge in [-0.1, -0.05) is 25.1 Å². The van der Waals surface area contributed by atoms with Gasteiger partial charge >= 0.3 is 0 Å². The molecular weight excluding hydrogens is 370 g/mol. The van der Waals surface area contributed by atoms with Crippen LogP contribution in [0.1, 0.15) is 13.3 Å². The summed E-state index contributed by atoms with van der Waals surface area (Å²) in [5.74, 6) is 1.79. The zero-order valence-corrected chi connectivity index (χ0v) is 15.8. The van der Waals surface area contributed by atoms with Crippen molar-refractivity contribution in [3.05, 3.63) is 54.9 Å². The maximum absolute atomic E-state index is 10.3. The molecule has 1 fully saturated rings. The highest BCUT2D eigenvalue weighted by atomic mass is 16.4. The lowest BCUT2D eigenvalue weighted by Crippen LogP contribution is -2.35. The highest BCUT2D eigenvalue weighted by Crippen LogP contribution is 2.30. The lowest BCUT2D eigenvalue weighted by Gasteiger charge is -2.19. The Morgan fingerprint density at radius 3 is 2.69 bits per heavy atom. The van der Waals surface area contributed by atoms with Crippen molar-refractivity contribution in [1.82, 2.24) is 19.6 Å². The molecule has 0 aliphatic heterocycles. The maximum atomic E-state index is 10.3. The number of hydrogen-bond acceptors (Lipinski definition) is 7. The van der Waals surface area contributed by atoms with Crippen molar-refractivity contribution < 1.29 is 14.6 Å². The van der Waals surface area contributed by atoms with E-state index in [1.807, 2.05) is 43.3 Å². The predicted octanol–water partition coefficient (Wildman–Crippen LogP) is 2.59. The largest absolute Gasteiger partial charge is 0.434 e. The Morgan fingerprint density at radius 1 is 1.10 bits per heavy atom. The SMILES string of the molecule is C[C@@H]1C[C@@H](Nc2ccnc3cc(-c4cnc(-c5ccccc5)o4)nn23)[C@H](O)[C@@H]1O. The lowest BCUT2D eigenvalue weighted by molar-refractivity contribution is 0.0210. The molecule has 0 radical (unpaired) electrons. The molecule has 3 heterocycles. The summed E-state index contributed by atoms with van der Waals surface area (Å²) in [6, 6.07) is 13.0. The molecule has 5 rings (SSSR count). The Hall–Kier alpha value is -3.23. The number of rotatable bonds is 4. The van der Waals surface area contributed by atoms with Crippen molar-refractivity contribution in [2.75, 3.05) is 5.32 Å². The topological polar surface area (TPSA) is 109 Å². The van der Waals surface area contributed by atoms with E-state index in [0.29, 0.717) is 35.2 Å². The summed E-state index contributed by atoms with van der Waals surface area (Å²) >= 11 is 0. The first-order valence-electron chi connectivity index (χ1n) is 9.59. The van der Waals surface area contributed by atoms with E-state index >= 15 is 0 Å². The first-order chi connectivity index (χ1) is 14.1. The van der Waals surface area contributed by atoms with Crippen molar-refractivity contribution in [1.29, 1.82) is 0 Å². The minimum absolute atomic E-state index is 0.0265. The minimum Gasteiger partial charge on any atom is -0.434 e. The van der Waals surface area contributed by atoms with Crippen LogP contribution >= 0.6 is 0 Å². The first kappa shape index (κ1) is 17.8. The molecule has 29 heavy (non-hydrogen) atoms. The van der Waals surface area contributed by atoms with Crippen molar-refractivity contribution in [2.24, 2.45) is 5.92 Å². The number of oxazole rings is 1. The van der Waals surface area contributed by atoms with Crippen LogP contribution in [0.2, 0.25) is 0 Å². The molecule has 4 aromatic rings. The van der Waals surface area contributed by atoms with Crippen LogP contribution in [-0.2, 0) is 0 Å². The Kier molecular flexibility index (Phi) is 4.30. The number of fused-ring (bicyclic) bond motifs is 1. The lowest BCUT2D eigenvalue weighted by atomic mass is 10.1. The fraction of sp³-hybridized carbons (Fsp3) is 0.286. The van der Waals surface area contributed by atoms with Crippen LogP contribution in [-0.4, -0.2) is 48.0 Å². The molecule has 8 heteroatoms. The molecule has 8 nitrogen and oxygen atoms in total. The molecule has 148 valence electrons. The zero-order valence-electron chi connectivity index (χ0n) is 15.8. The third-order valence-electron chi connectivity index (χ3n) is 5.44. The monoisotopic (exact) mass is 391 g/mol. The number of benzene rings is 1. The summed E-state index contributed by atoms with van der Waals surface area (Å²) in [4.78, 5) is 8.72. The smallest absolute Gasteiger partial charge is 0.226 e. The van der Waals surface area contributed by atoms with Gasteiger partial charge in [-0.15, -0.1) is 0 Å². The molecule has 3 N–H and O–H groups in total. The van der Waals surface area contributed by atoms with Crippen LogP contribution in [0.25, 0.3) is 28.6 Å². The van der Waals surface area contributed by atoms with Gasteiger partial charge in [-0.05, 0) is 30.5 Å². The number of nitrogens with zero attached hydrogens (tertiary/aromatic N) is 4. The van der Waals surface area contributed by atoms with Gasteiger partial charge in [0.05, 0.1) is 18.3 Å². The number of aromatic nitrogens is 4. The quantitative estimate of drug-likeness (QED) is 0.491. The third-order valence-corrected chi connectivity index (χ3v) is 5.44. The second-order valence-electron chi connectivity index (χ2n) is 7.47. The number of anilines is 1. The number of nitrogens with one attached hydrogen (secondary N) is 1. The van der Waals surface area contributed by atoms with E-state index in [1.165, 1.54) is 0 Å². The van der Waals surface area contributed by atoms with Crippen LogP contribution in [0.5, 0.6) is 0 Å². The van der Waals surface area contributed by atoms with Gasteiger partial charge in [-0.2, -0.15) is 9.61 Å². The zero-order chi connectivity index (χ0) is 20.0. The van der Waals surface area contributed by atoms with Gasteiger partial charge in [0.2, 0.25) is 5.89 Å². The van der Waals surface area contributed by atoms with Crippen LogP contribution in [0.15, 0.2) is 59.3 Å². The standard InChI is InChI=1S/C21H21N5O3/c1-12-9-15(20(28)19(12)27)24-17-7-8-22-18-10-14(25-26(17)18)16-11-23-21(29-16)13-5-3-2-4-6-13/h2-8,10-12,15,19-20,24,27-28H,9H2,1H3/t12-,15-,19-,20+/m1/s1. The third kappa shape index (κ3) is 3.16. The van der Waals surface area contributed by atoms with E-state index in [1.54, 1.807) is 23.0 Å². The molecule has 0 bridgehead atoms. The van der Waals surface area contributed by atoms with E-state index in [0.717, 1.165) is 5.56 Å². The molecule has 0 unspecified atom stereocenters. The molecule has 1 aliphatic rings. The number of aliphatic hydroxyl groups is 2. The molecule has 1 saturated carbocycles. The molecule has 0 spiro atoms. The van der Waals surface area contributed by atoms with E-state index in [2.05, 4.69) is 20.4 Å². The molecule has 4 atom stereocenters. The van der Waals surface area contributed by atoms with Gasteiger partial charge in [0.25, 0.3) is 0 Å². The summed E-state index contributed by atoms with van der Waals surface area (Å²) in [7, 11) is 0. The van der Waals surface area contributed by atoms with Crippen LogP contribution < -0.4 is 5.32 Å². The van der Waals surface area contributed by atoms with Gasteiger partial charge in [0.1, 0.15) is 17.6 Å². The highest BCUT2D eigenvalue weighted by molar-refractivity contribution is 5.63. The van der Waals surface area contributed by atoms with Gasteiger partial charge in [-0.3, -0.25) is 0 Å². The molecule has 0 saturated heterocycles. The second kappa shape index (κ2) is 6.98. The molecule has 1 aliphatic carbocycles. The van der Waals surface area contributed by atoms with Crippen LogP contribution in [0.3, 0.4) is 0 Å². The second-order valence-corrected chi connectivity index (χ2v) is 7.47. The van der Waals surface area contributed by atoms with Gasteiger partial charge in [0.15, 0.2) is 11.4 Å². The normalized spacial score (nSPS) is 24.2. The van der Waals surface area contributed by atoms with Crippen molar-refractivity contribution in [2.45, 2.75) is 31.6 Å².